The fourth-order valence-corrected chi connectivity index (χ4v) is 4.88. The molecule has 2 atom stereocenters. The van der Waals surface area contributed by atoms with E-state index in [9.17, 15) is 0 Å². The van der Waals surface area contributed by atoms with Crippen LogP contribution in [0.25, 0.3) is 22.3 Å². The van der Waals surface area contributed by atoms with E-state index in [0.29, 0.717) is 0 Å². The predicted molar refractivity (Wildman–Crippen MR) is 105 cm³/mol. The van der Waals surface area contributed by atoms with Gasteiger partial charge in [0, 0.05) is 0 Å². The molecule has 0 N–H and O–H groups in total. The molecule has 0 aliphatic heterocycles. The summed E-state index contributed by atoms with van der Waals surface area (Å²) in [5, 5.41) is 0. The molecule has 0 radical (unpaired) electrons. The van der Waals surface area contributed by atoms with Crippen LogP contribution in [0.1, 0.15) is 26.3 Å². The number of fused-ring (bicyclic) bond motifs is 5. The second-order valence-corrected chi connectivity index (χ2v) is 7.95. The first kappa shape index (κ1) is 15.2. The van der Waals surface area contributed by atoms with Gasteiger partial charge in [-0.15, -0.1) is 0 Å². The highest BCUT2D eigenvalue weighted by Crippen LogP contribution is 2.52. The Morgan fingerprint density at radius 3 is 1.83 bits per heavy atom. The molecule has 2 heteroatoms. The van der Waals surface area contributed by atoms with Crippen LogP contribution >= 0.6 is 31.9 Å². The van der Waals surface area contributed by atoms with E-state index < -0.39 is 0 Å². The number of halogens is 2. The average molecular weight is 428 g/mol. The largest absolute Gasteiger partial charge is 0.0823 e. The van der Waals surface area contributed by atoms with Crippen LogP contribution in [-0.4, -0.2) is 0 Å². The van der Waals surface area contributed by atoms with Crippen LogP contribution in [0.15, 0.2) is 66.7 Å². The van der Waals surface area contributed by atoms with Gasteiger partial charge in [0.05, 0.1) is 9.65 Å². The average Bonchev–Trinajstić information content (AvgIpc) is 2.59. The molecule has 0 unspecified atom stereocenters. The van der Waals surface area contributed by atoms with E-state index in [-0.39, 0.29) is 9.65 Å². The van der Waals surface area contributed by atoms with Gasteiger partial charge in [-0.2, -0.15) is 0 Å². The molecule has 0 amide bonds. The van der Waals surface area contributed by atoms with Gasteiger partial charge in [0.15, 0.2) is 0 Å². The van der Waals surface area contributed by atoms with Crippen molar-refractivity contribution in [3.05, 3.63) is 83.4 Å². The summed E-state index contributed by atoms with van der Waals surface area (Å²) < 4.78 is 0. The van der Waals surface area contributed by atoms with Crippen molar-refractivity contribution in [2.45, 2.75) is 16.6 Å². The molecule has 3 aromatic carbocycles. The van der Waals surface area contributed by atoms with Crippen LogP contribution in [0.4, 0.5) is 0 Å². The maximum atomic E-state index is 3.94. The summed E-state index contributed by atoms with van der Waals surface area (Å²) >= 11 is 7.87. The van der Waals surface area contributed by atoms with Gasteiger partial charge in [-0.25, -0.2) is 0 Å². The molecule has 0 bridgehead atoms. The first-order valence-electron chi connectivity index (χ1n) is 7.75. The number of benzene rings is 3. The summed E-state index contributed by atoms with van der Waals surface area (Å²) in [5.74, 6) is 0. The molecular formula is C21H16Br2. The van der Waals surface area contributed by atoms with Crippen molar-refractivity contribution in [1.29, 1.82) is 0 Å². The highest BCUT2D eigenvalue weighted by atomic mass is 79.9. The van der Waals surface area contributed by atoms with Crippen LogP contribution in [-0.2, 0) is 0 Å². The summed E-state index contributed by atoms with van der Waals surface area (Å²) in [6.07, 6.45) is 0. The van der Waals surface area contributed by atoms with Crippen LogP contribution in [0.2, 0.25) is 0 Å². The fraction of sp³-hybridized carbons (Fsp3) is 0.143. The molecule has 0 saturated carbocycles. The number of hydrogen-bond donors (Lipinski definition) is 0. The summed E-state index contributed by atoms with van der Waals surface area (Å²) in [6.45, 7) is 2.20. The molecule has 3 aromatic rings. The molecule has 0 nitrogen and oxygen atoms in total. The zero-order chi connectivity index (χ0) is 16.0. The number of alkyl halides is 2. The van der Waals surface area contributed by atoms with Crippen molar-refractivity contribution >= 4 is 31.9 Å². The molecule has 0 heterocycles. The van der Waals surface area contributed by atoms with E-state index in [4.69, 9.17) is 0 Å². The smallest absolute Gasteiger partial charge is 0.0567 e. The summed E-state index contributed by atoms with van der Waals surface area (Å²) in [6, 6.07) is 24.0. The first-order valence-corrected chi connectivity index (χ1v) is 9.58. The lowest BCUT2D eigenvalue weighted by Crippen LogP contribution is -2.07. The number of rotatable bonds is 0. The maximum absolute atomic E-state index is 3.94. The molecule has 114 valence electrons. The van der Waals surface area contributed by atoms with Crippen molar-refractivity contribution in [2.75, 3.05) is 0 Å². The van der Waals surface area contributed by atoms with Gasteiger partial charge in [-0.1, -0.05) is 98.6 Å². The first-order chi connectivity index (χ1) is 11.2. The van der Waals surface area contributed by atoms with Crippen molar-refractivity contribution < 1.29 is 0 Å². The molecule has 23 heavy (non-hydrogen) atoms. The highest BCUT2D eigenvalue weighted by molar-refractivity contribution is 9.12. The SMILES string of the molecule is Cc1cccc2c1-c1ccccc1[C@@H](Br)[C@@H](Br)c1ccccc1-2. The third-order valence-electron chi connectivity index (χ3n) is 4.61. The van der Waals surface area contributed by atoms with Gasteiger partial charge in [-0.3, -0.25) is 0 Å². The zero-order valence-corrected chi connectivity index (χ0v) is 15.9. The van der Waals surface area contributed by atoms with Crippen molar-refractivity contribution in [3.8, 4) is 22.3 Å². The van der Waals surface area contributed by atoms with Crippen molar-refractivity contribution in [2.24, 2.45) is 0 Å². The molecular weight excluding hydrogens is 412 g/mol. The Kier molecular flexibility index (Phi) is 3.90. The summed E-state index contributed by atoms with van der Waals surface area (Å²) in [5.41, 5.74) is 9.28. The van der Waals surface area contributed by atoms with Gasteiger partial charge < -0.3 is 0 Å². The third-order valence-corrected chi connectivity index (χ3v) is 7.36. The molecule has 0 saturated heterocycles. The van der Waals surface area contributed by atoms with E-state index in [0.717, 1.165) is 0 Å². The van der Waals surface area contributed by atoms with Gasteiger partial charge in [0.2, 0.25) is 0 Å². The quantitative estimate of drug-likeness (QED) is 0.332. The Hall–Kier alpha value is -1.38. The lowest BCUT2D eigenvalue weighted by molar-refractivity contribution is 0.938. The van der Waals surface area contributed by atoms with E-state index in [1.807, 2.05) is 0 Å². The lowest BCUT2D eigenvalue weighted by Gasteiger charge is -2.28. The molecule has 0 fully saturated rings. The van der Waals surface area contributed by atoms with Crippen LogP contribution in [0, 0.1) is 6.92 Å². The Balaban J connectivity index is 2.17. The van der Waals surface area contributed by atoms with E-state index in [2.05, 4.69) is 106 Å². The topological polar surface area (TPSA) is 0 Å². The van der Waals surface area contributed by atoms with E-state index >= 15 is 0 Å². The Labute approximate surface area is 153 Å². The second-order valence-electron chi connectivity index (χ2n) is 5.98. The number of aryl methyl sites for hydroxylation is 1. The lowest BCUT2D eigenvalue weighted by atomic mass is 9.82. The second kappa shape index (κ2) is 5.92. The Morgan fingerprint density at radius 2 is 1.13 bits per heavy atom. The van der Waals surface area contributed by atoms with Crippen molar-refractivity contribution in [3.63, 3.8) is 0 Å². The zero-order valence-electron chi connectivity index (χ0n) is 12.8. The molecule has 1 aliphatic carbocycles. The highest BCUT2D eigenvalue weighted by Gasteiger charge is 2.28. The molecule has 0 aromatic heterocycles. The monoisotopic (exact) mass is 426 g/mol. The maximum Gasteiger partial charge on any atom is 0.0567 e. The number of hydrogen-bond acceptors (Lipinski definition) is 0. The van der Waals surface area contributed by atoms with Crippen molar-refractivity contribution in [1.82, 2.24) is 0 Å². The van der Waals surface area contributed by atoms with E-state index in [1.165, 1.54) is 38.9 Å². The molecule has 4 rings (SSSR count). The van der Waals surface area contributed by atoms with Gasteiger partial charge in [0.25, 0.3) is 0 Å². The van der Waals surface area contributed by atoms with Gasteiger partial charge in [0.1, 0.15) is 0 Å². The molecule has 0 spiro atoms. The standard InChI is InChI=1S/C21H16Br2/c1-13-7-6-12-15-14-8-2-4-10-17(14)20(22)21(23)18-11-5-3-9-16(18)19(13)15/h2-12,20-21H,1H3/t20-,21+/m0/s1. The normalized spacial score (nSPS) is 19.1. The third kappa shape index (κ3) is 2.40. The van der Waals surface area contributed by atoms with Crippen LogP contribution < -0.4 is 0 Å². The minimum Gasteiger partial charge on any atom is -0.0823 e. The molecule has 1 aliphatic rings. The van der Waals surface area contributed by atoms with Crippen LogP contribution in [0.5, 0.6) is 0 Å². The van der Waals surface area contributed by atoms with Gasteiger partial charge >= 0.3 is 0 Å². The Bertz CT molecular complexity index is 883. The van der Waals surface area contributed by atoms with Crippen LogP contribution in [0.3, 0.4) is 0 Å². The fourth-order valence-electron chi connectivity index (χ4n) is 3.51. The van der Waals surface area contributed by atoms with E-state index in [1.54, 1.807) is 0 Å². The predicted octanol–water partition coefficient (Wildman–Crippen LogP) is 7.21. The minimum absolute atomic E-state index is 0.229. The summed E-state index contributed by atoms with van der Waals surface area (Å²) in [7, 11) is 0. The van der Waals surface area contributed by atoms with Gasteiger partial charge in [-0.05, 0) is 45.9 Å². The summed E-state index contributed by atoms with van der Waals surface area (Å²) in [4.78, 5) is 0.459. The minimum atomic E-state index is 0.229. The Morgan fingerprint density at radius 1 is 0.609 bits per heavy atom.